The van der Waals surface area contributed by atoms with Gasteiger partial charge in [0.15, 0.2) is 11.0 Å². The number of anilines is 1. The number of methoxy groups -OCH3 is 1. The fourth-order valence-corrected chi connectivity index (χ4v) is 3.47. The minimum atomic E-state index is 0.0836. The molecule has 0 saturated heterocycles. The minimum absolute atomic E-state index is 0.0836. The first-order chi connectivity index (χ1) is 11.8. The van der Waals surface area contributed by atoms with Crippen LogP contribution in [0.5, 0.6) is 5.75 Å². The van der Waals surface area contributed by atoms with Gasteiger partial charge in [0.1, 0.15) is 5.75 Å². The monoisotopic (exact) mass is 340 g/mol. The van der Waals surface area contributed by atoms with Gasteiger partial charge in [0.2, 0.25) is 0 Å². The summed E-state index contributed by atoms with van der Waals surface area (Å²) in [4.78, 5) is 19.3. The van der Waals surface area contributed by atoms with Gasteiger partial charge in [0.05, 0.1) is 13.7 Å². The number of benzene rings is 2. The van der Waals surface area contributed by atoms with Gasteiger partial charge >= 0.3 is 0 Å². The summed E-state index contributed by atoms with van der Waals surface area (Å²) in [6.07, 6.45) is 1.08. The zero-order valence-electron chi connectivity index (χ0n) is 13.6. The zero-order valence-corrected chi connectivity index (χ0v) is 14.5. The average molecular weight is 340 g/mol. The first-order valence-electron chi connectivity index (χ1n) is 7.95. The van der Waals surface area contributed by atoms with Gasteiger partial charge in [-0.2, -0.15) is 0 Å². The van der Waals surface area contributed by atoms with Crippen molar-refractivity contribution in [2.75, 3.05) is 30.9 Å². The number of thioether (sulfide) groups is 1. The SMILES string of the molecule is COc1ccc(N(CC(=O)c2ccccc2)C2=NCCCS2)cc1. The van der Waals surface area contributed by atoms with Crippen LogP contribution >= 0.6 is 11.8 Å². The van der Waals surface area contributed by atoms with Gasteiger partial charge < -0.3 is 9.64 Å². The molecule has 0 aromatic heterocycles. The predicted molar refractivity (Wildman–Crippen MR) is 100 cm³/mol. The van der Waals surface area contributed by atoms with Crippen LogP contribution in [0.3, 0.4) is 0 Å². The Morgan fingerprint density at radius 2 is 1.92 bits per heavy atom. The maximum absolute atomic E-state index is 12.7. The van der Waals surface area contributed by atoms with E-state index in [4.69, 9.17) is 4.74 Å². The van der Waals surface area contributed by atoms with Crippen LogP contribution in [0.4, 0.5) is 5.69 Å². The quantitative estimate of drug-likeness (QED) is 0.775. The van der Waals surface area contributed by atoms with Crippen molar-refractivity contribution in [3.63, 3.8) is 0 Å². The van der Waals surface area contributed by atoms with Crippen LogP contribution < -0.4 is 9.64 Å². The first kappa shape index (κ1) is 16.6. The highest BCUT2D eigenvalue weighted by Gasteiger charge is 2.20. The minimum Gasteiger partial charge on any atom is -0.497 e. The molecule has 1 aliphatic heterocycles. The van der Waals surface area contributed by atoms with Gasteiger partial charge in [-0.05, 0) is 30.7 Å². The molecule has 2 aromatic rings. The van der Waals surface area contributed by atoms with Crippen molar-refractivity contribution in [2.45, 2.75) is 6.42 Å². The van der Waals surface area contributed by atoms with E-state index in [1.165, 1.54) is 0 Å². The van der Waals surface area contributed by atoms with Crippen molar-refractivity contribution in [3.05, 3.63) is 60.2 Å². The van der Waals surface area contributed by atoms with E-state index in [9.17, 15) is 4.79 Å². The number of aliphatic imine (C=N–C) groups is 1. The third-order valence-electron chi connectivity index (χ3n) is 3.79. The molecular formula is C19H20N2O2S. The fourth-order valence-electron chi connectivity index (χ4n) is 2.50. The van der Waals surface area contributed by atoms with Crippen molar-refractivity contribution in [1.29, 1.82) is 0 Å². The van der Waals surface area contributed by atoms with Gasteiger partial charge in [0, 0.05) is 23.5 Å². The van der Waals surface area contributed by atoms with Crippen LogP contribution in [0.15, 0.2) is 59.6 Å². The highest BCUT2D eigenvalue weighted by Crippen LogP contribution is 2.25. The van der Waals surface area contributed by atoms with E-state index in [1.807, 2.05) is 59.5 Å². The molecule has 0 N–H and O–H groups in total. The van der Waals surface area contributed by atoms with Gasteiger partial charge in [-0.1, -0.05) is 42.1 Å². The molecule has 0 atom stereocenters. The molecule has 2 aromatic carbocycles. The number of amidine groups is 1. The number of ketones is 1. The fraction of sp³-hybridized carbons (Fsp3) is 0.263. The van der Waals surface area contributed by atoms with E-state index < -0.39 is 0 Å². The van der Waals surface area contributed by atoms with Crippen molar-refractivity contribution in [2.24, 2.45) is 4.99 Å². The summed E-state index contributed by atoms with van der Waals surface area (Å²) in [5.41, 5.74) is 1.67. The van der Waals surface area contributed by atoms with Crippen molar-refractivity contribution in [1.82, 2.24) is 0 Å². The molecule has 0 radical (unpaired) electrons. The molecular weight excluding hydrogens is 320 g/mol. The van der Waals surface area contributed by atoms with E-state index in [-0.39, 0.29) is 12.3 Å². The second-order valence-electron chi connectivity index (χ2n) is 5.44. The molecule has 0 amide bonds. The average Bonchev–Trinajstić information content (AvgIpc) is 2.67. The van der Waals surface area contributed by atoms with Gasteiger partial charge in [-0.25, -0.2) is 0 Å². The number of carbonyl (C=O) groups excluding carboxylic acids is 1. The Balaban J connectivity index is 1.86. The molecule has 0 fully saturated rings. The molecule has 0 aliphatic carbocycles. The molecule has 1 heterocycles. The largest absolute Gasteiger partial charge is 0.497 e. The molecule has 4 nitrogen and oxygen atoms in total. The smallest absolute Gasteiger partial charge is 0.182 e. The van der Waals surface area contributed by atoms with Gasteiger partial charge in [-0.3, -0.25) is 9.79 Å². The number of hydrogen-bond acceptors (Lipinski definition) is 5. The number of Topliss-reactive ketones (excluding diaryl/α,β-unsaturated/α-hetero) is 1. The molecule has 5 heteroatoms. The Bertz CT molecular complexity index is 714. The van der Waals surface area contributed by atoms with Crippen LogP contribution in [-0.4, -0.2) is 36.9 Å². The van der Waals surface area contributed by atoms with Gasteiger partial charge in [-0.15, -0.1) is 0 Å². The molecule has 0 unspecified atom stereocenters. The molecule has 0 saturated carbocycles. The van der Waals surface area contributed by atoms with Crippen LogP contribution in [0.2, 0.25) is 0 Å². The lowest BCUT2D eigenvalue weighted by atomic mass is 10.1. The summed E-state index contributed by atoms with van der Waals surface area (Å²) < 4.78 is 5.22. The summed E-state index contributed by atoms with van der Waals surface area (Å²) in [6, 6.07) is 17.1. The standard InChI is InChI=1S/C19H20N2O2S/c1-23-17-10-8-16(9-11-17)21(19-20-12-5-13-24-19)14-18(22)15-6-3-2-4-7-15/h2-4,6-11H,5,12-14H2,1H3. The van der Waals surface area contributed by atoms with E-state index in [0.29, 0.717) is 0 Å². The summed E-state index contributed by atoms with van der Waals surface area (Å²) in [5.74, 6) is 1.91. The third kappa shape index (κ3) is 3.97. The highest BCUT2D eigenvalue weighted by atomic mass is 32.2. The molecule has 3 rings (SSSR count). The van der Waals surface area contributed by atoms with E-state index in [1.54, 1.807) is 18.9 Å². The maximum atomic E-state index is 12.7. The molecule has 124 valence electrons. The van der Waals surface area contributed by atoms with E-state index in [2.05, 4.69) is 4.99 Å². The predicted octanol–water partition coefficient (Wildman–Crippen LogP) is 3.88. The summed E-state index contributed by atoms with van der Waals surface area (Å²) in [5, 5.41) is 0.913. The Hall–Kier alpha value is -2.27. The third-order valence-corrected chi connectivity index (χ3v) is 4.89. The summed E-state index contributed by atoms with van der Waals surface area (Å²) >= 11 is 1.71. The lowest BCUT2D eigenvalue weighted by Crippen LogP contribution is -2.35. The van der Waals surface area contributed by atoms with Crippen molar-refractivity contribution in [3.8, 4) is 5.75 Å². The van der Waals surface area contributed by atoms with Gasteiger partial charge in [0.25, 0.3) is 0 Å². The lowest BCUT2D eigenvalue weighted by molar-refractivity contribution is 0.100. The summed E-state index contributed by atoms with van der Waals surface area (Å²) in [6.45, 7) is 1.09. The molecule has 0 spiro atoms. The second kappa shape index (κ2) is 8.02. The van der Waals surface area contributed by atoms with E-state index in [0.717, 1.165) is 40.9 Å². The Labute approximate surface area is 146 Å². The number of carbonyl (C=O) groups is 1. The normalized spacial score (nSPS) is 14.0. The highest BCUT2D eigenvalue weighted by molar-refractivity contribution is 8.14. The first-order valence-corrected chi connectivity index (χ1v) is 8.93. The van der Waals surface area contributed by atoms with Crippen LogP contribution in [-0.2, 0) is 0 Å². The van der Waals surface area contributed by atoms with Crippen LogP contribution in [0.25, 0.3) is 0 Å². The molecule has 24 heavy (non-hydrogen) atoms. The number of nitrogens with zero attached hydrogens (tertiary/aromatic N) is 2. The second-order valence-corrected chi connectivity index (χ2v) is 6.50. The lowest BCUT2D eigenvalue weighted by Gasteiger charge is -2.27. The molecule has 0 bridgehead atoms. The topological polar surface area (TPSA) is 41.9 Å². The van der Waals surface area contributed by atoms with Crippen LogP contribution in [0, 0.1) is 0 Å². The Morgan fingerprint density at radius 1 is 1.17 bits per heavy atom. The number of hydrogen-bond donors (Lipinski definition) is 0. The Morgan fingerprint density at radius 3 is 2.54 bits per heavy atom. The molecule has 1 aliphatic rings. The number of rotatable bonds is 5. The Kier molecular flexibility index (Phi) is 5.54. The summed E-state index contributed by atoms with van der Waals surface area (Å²) in [7, 11) is 1.65. The zero-order chi connectivity index (χ0) is 16.8. The number of ether oxygens (including phenoxy) is 1. The van der Waals surface area contributed by atoms with Crippen molar-refractivity contribution >= 4 is 28.4 Å². The van der Waals surface area contributed by atoms with Crippen LogP contribution in [0.1, 0.15) is 16.8 Å². The maximum Gasteiger partial charge on any atom is 0.182 e. The van der Waals surface area contributed by atoms with E-state index >= 15 is 0 Å². The van der Waals surface area contributed by atoms with Crippen molar-refractivity contribution < 1.29 is 9.53 Å².